The predicted octanol–water partition coefficient (Wildman–Crippen LogP) is 3.26. The van der Waals surface area contributed by atoms with E-state index in [9.17, 15) is 14.4 Å². The Balaban J connectivity index is 1.48. The number of benzene rings is 2. The van der Waals surface area contributed by atoms with Crippen LogP contribution in [0.25, 0.3) is 11.3 Å². The number of allylic oxidation sites excluding steroid dienone is 1. The molecule has 172 valence electrons. The van der Waals surface area contributed by atoms with Gasteiger partial charge in [-0.05, 0) is 42.0 Å². The average molecular weight is 461 g/mol. The van der Waals surface area contributed by atoms with E-state index in [2.05, 4.69) is 16.3 Å². The van der Waals surface area contributed by atoms with Gasteiger partial charge in [-0.15, -0.1) is 5.10 Å². The minimum absolute atomic E-state index is 0.0417. The van der Waals surface area contributed by atoms with E-state index >= 15 is 0 Å². The van der Waals surface area contributed by atoms with Crippen LogP contribution in [0.1, 0.15) is 17.0 Å². The number of aromatic nitrogens is 2. The predicted molar refractivity (Wildman–Crippen MR) is 118 cm³/mol. The molecule has 0 bridgehead atoms. The van der Waals surface area contributed by atoms with Crippen LogP contribution in [0.4, 0.5) is 9.18 Å². The molecule has 0 saturated carbocycles. The third-order valence-corrected chi connectivity index (χ3v) is 5.76. The second kappa shape index (κ2) is 8.88. The highest BCUT2D eigenvalue weighted by Gasteiger charge is 2.35. The molecule has 1 saturated heterocycles. The number of halogens is 1. The fraction of sp³-hybridized carbons (Fsp3) is 0.208. The monoisotopic (exact) mass is 461 g/mol. The number of ether oxygens (including phenoxy) is 3. The van der Waals surface area contributed by atoms with E-state index < -0.39 is 12.0 Å². The molecule has 2 aliphatic heterocycles. The van der Waals surface area contributed by atoms with Crippen molar-refractivity contribution in [1.29, 1.82) is 5.26 Å². The minimum Gasteiger partial charge on any atom is -0.420 e. The number of hydrogen-bond acceptors (Lipinski definition) is 7. The van der Waals surface area contributed by atoms with Gasteiger partial charge in [-0.25, -0.2) is 9.18 Å². The number of nitrogens with zero attached hydrogens (tertiary/aromatic N) is 3. The first kappa shape index (κ1) is 21.5. The number of amides is 1. The van der Waals surface area contributed by atoms with Crippen LogP contribution in [0.3, 0.4) is 0 Å². The molecule has 2 aromatic carbocycles. The lowest BCUT2D eigenvalue weighted by Crippen LogP contribution is -2.42. The molecule has 0 spiro atoms. The van der Waals surface area contributed by atoms with Crippen LogP contribution in [-0.4, -0.2) is 47.5 Å². The average Bonchev–Trinajstić information content (AvgIpc) is 3.28. The summed E-state index contributed by atoms with van der Waals surface area (Å²) < 4.78 is 29.8. The van der Waals surface area contributed by atoms with Gasteiger partial charge in [0.1, 0.15) is 23.2 Å². The molecule has 0 unspecified atom stereocenters. The summed E-state index contributed by atoms with van der Waals surface area (Å²) in [5.74, 6) is -0.386. The number of aromatic amines is 1. The van der Waals surface area contributed by atoms with Crippen LogP contribution < -0.4 is 15.2 Å². The third kappa shape index (κ3) is 3.93. The number of carbonyl (C=O) groups excluding carboxylic acids is 1. The molecule has 2 aliphatic rings. The summed E-state index contributed by atoms with van der Waals surface area (Å²) in [6.45, 7) is 1.91. The number of fused-ring (bicyclic) bond motifs is 1. The van der Waals surface area contributed by atoms with Gasteiger partial charge in [0.15, 0.2) is 0 Å². The summed E-state index contributed by atoms with van der Waals surface area (Å²) in [6, 6.07) is 14.9. The van der Waals surface area contributed by atoms with Crippen LogP contribution in [0.5, 0.6) is 11.6 Å². The molecule has 3 N–H and O–H groups in total. The quantitative estimate of drug-likeness (QED) is 0.613. The zero-order valence-electron chi connectivity index (χ0n) is 18.0. The summed E-state index contributed by atoms with van der Waals surface area (Å²) in [4.78, 5) is 14.0. The van der Waals surface area contributed by atoms with Crippen molar-refractivity contribution in [2.45, 2.75) is 5.92 Å². The summed E-state index contributed by atoms with van der Waals surface area (Å²) in [6.07, 6.45) is -0.445. The molecule has 1 atom stereocenters. The topological polar surface area (TPSA) is 126 Å². The van der Waals surface area contributed by atoms with E-state index in [0.29, 0.717) is 48.9 Å². The zero-order chi connectivity index (χ0) is 23.7. The Bertz CT molecular complexity index is 1290. The molecule has 5 rings (SSSR count). The number of H-pyrrole nitrogens is 1. The van der Waals surface area contributed by atoms with E-state index in [0.717, 1.165) is 5.56 Å². The van der Waals surface area contributed by atoms with Crippen molar-refractivity contribution in [2.75, 3.05) is 26.3 Å². The number of nitrogens with one attached hydrogen (secondary N) is 1. The molecule has 3 heterocycles. The highest BCUT2D eigenvalue weighted by molar-refractivity contribution is 5.72. The number of rotatable bonds is 3. The first-order chi connectivity index (χ1) is 16.5. The number of morpholine rings is 1. The molecule has 1 aromatic heterocycles. The Labute approximate surface area is 194 Å². The minimum atomic E-state index is -0.587. The van der Waals surface area contributed by atoms with Gasteiger partial charge in [0.25, 0.3) is 0 Å². The summed E-state index contributed by atoms with van der Waals surface area (Å²) in [7, 11) is 0. The molecule has 1 amide bonds. The molecule has 0 aliphatic carbocycles. The van der Waals surface area contributed by atoms with E-state index in [1.807, 2.05) is 0 Å². The molecule has 0 radical (unpaired) electrons. The highest BCUT2D eigenvalue weighted by Crippen LogP contribution is 2.45. The van der Waals surface area contributed by atoms with Crippen LogP contribution in [0.15, 0.2) is 60.0 Å². The van der Waals surface area contributed by atoms with Crippen molar-refractivity contribution < 1.29 is 23.4 Å². The Hall–Kier alpha value is -4.36. The Kier molecular flexibility index (Phi) is 5.61. The van der Waals surface area contributed by atoms with Crippen molar-refractivity contribution in [3.05, 3.63) is 76.9 Å². The molecule has 34 heavy (non-hydrogen) atoms. The Morgan fingerprint density at radius 3 is 2.56 bits per heavy atom. The van der Waals surface area contributed by atoms with Gasteiger partial charge in [-0.3, -0.25) is 5.10 Å². The standard InChI is InChI=1S/C24H20FN5O4/c25-16-5-1-15(2-6-16)21-20-19(18(13-26)22(27)34-23(20)29-28-21)14-3-7-17(8-4-14)33-24(31)30-9-11-32-12-10-30/h1-8,19H,9-12,27H2,(H,28,29)/t19-/m1/s1. The maximum atomic E-state index is 13.5. The van der Waals surface area contributed by atoms with Crippen LogP contribution in [0.2, 0.25) is 0 Å². The van der Waals surface area contributed by atoms with Gasteiger partial charge in [-0.2, -0.15) is 5.26 Å². The van der Waals surface area contributed by atoms with E-state index in [1.165, 1.54) is 12.1 Å². The lowest BCUT2D eigenvalue weighted by molar-refractivity contribution is 0.0416. The van der Waals surface area contributed by atoms with Crippen LogP contribution in [-0.2, 0) is 4.74 Å². The van der Waals surface area contributed by atoms with Crippen molar-refractivity contribution >= 4 is 6.09 Å². The van der Waals surface area contributed by atoms with Crippen molar-refractivity contribution in [2.24, 2.45) is 5.73 Å². The lowest BCUT2D eigenvalue weighted by atomic mass is 9.83. The molecule has 1 fully saturated rings. The Morgan fingerprint density at radius 2 is 1.88 bits per heavy atom. The first-order valence-electron chi connectivity index (χ1n) is 10.6. The van der Waals surface area contributed by atoms with E-state index in [-0.39, 0.29) is 23.2 Å². The highest BCUT2D eigenvalue weighted by atomic mass is 19.1. The third-order valence-electron chi connectivity index (χ3n) is 5.76. The van der Waals surface area contributed by atoms with Gasteiger partial charge in [0.05, 0.1) is 30.4 Å². The van der Waals surface area contributed by atoms with E-state index in [4.69, 9.17) is 19.9 Å². The van der Waals surface area contributed by atoms with Gasteiger partial charge < -0.3 is 24.8 Å². The van der Waals surface area contributed by atoms with Crippen LogP contribution in [0, 0.1) is 17.1 Å². The van der Waals surface area contributed by atoms with Gasteiger partial charge >= 0.3 is 6.09 Å². The Morgan fingerprint density at radius 1 is 1.18 bits per heavy atom. The zero-order valence-corrected chi connectivity index (χ0v) is 18.0. The SMILES string of the molecule is N#CC1=C(N)Oc2n[nH]c(-c3ccc(F)cc3)c2[C@@H]1c1ccc(OC(=O)N2CCOCC2)cc1. The van der Waals surface area contributed by atoms with Crippen molar-refractivity contribution in [3.8, 4) is 29.0 Å². The summed E-state index contributed by atoms with van der Waals surface area (Å²) >= 11 is 0. The van der Waals surface area contributed by atoms with E-state index in [1.54, 1.807) is 41.3 Å². The number of carbonyl (C=O) groups is 1. The summed E-state index contributed by atoms with van der Waals surface area (Å²) in [5.41, 5.74) is 8.84. The van der Waals surface area contributed by atoms with Crippen molar-refractivity contribution in [3.63, 3.8) is 0 Å². The molecule has 3 aromatic rings. The van der Waals surface area contributed by atoms with Crippen LogP contribution >= 0.6 is 0 Å². The van der Waals surface area contributed by atoms with Gasteiger partial charge in [0.2, 0.25) is 11.8 Å². The van der Waals surface area contributed by atoms with Crippen molar-refractivity contribution in [1.82, 2.24) is 15.1 Å². The maximum absolute atomic E-state index is 13.5. The molecular weight excluding hydrogens is 441 g/mol. The van der Waals surface area contributed by atoms with Gasteiger partial charge in [0, 0.05) is 18.7 Å². The smallest absolute Gasteiger partial charge is 0.415 e. The fourth-order valence-corrected chi connectivity index (χ4v) is 4.05. The van der Waals surface area contributed by atoms with Gasteiger partial charge in [-0.1, -0.05) is 12.1 Å². The molecular formula is C24H20FN5O4. The molecule has 10 heteroatoms. The lowest BCUT2D eigenvalue weighted by Gasteiger charge is -2.26. The first-order valence-corrected chi connectivity index (χ1v) is 10.6. The molecule has 9 nitrogen and oxygen atoms in total. The summed E-state index contributed by atoms with van der Waals surface area (Å²) in [5, 5.41) is 17.0. The normalized spacial score (nSPS) is 17.5. The second-order valence-corrected chi connectivity index (χ2v) is 7.79. The second-order valence-electron chi connectivity index (χ2n) is 7.79. The number of nitriles is 1. The fourth-order valence-electron chi connectivity index (χ4n) is 4.05. The number of nitrogens with two attached hydrogens (primary N) is 1. The maximum Gasteiger partial charge on any atom is 0.415 e. The largest absolute Gasteiger partial charge is 0.420 e. The number of hydrogen-bond donors (Lipinski definition) is 2.